The molecule has 0 unspecified atom stereocenters. The zero-order valence-corrected chi connectivity index (χ0v) is 19.7. The van der Waals surface area contributed by atoms with Crippen molar-refractivity contribution >= 4 is 5.78 Å². The number of carbonyl (C=O) groups is 1. The Morgan fingerprint density at radius 1 is 0.464 bits per heavy atom. The van der Waals surface area contributed by atoms with Gasteiger partial charge in [0.15, 0.2) is 0 Å². The molecule has 0 fully saturated rings. The van der Waals surface area contributed by atoms with Crippen LogP contribution in [-0.2, 0) is 4.79 Å². The Balaban J connectivity index is 3.32. The van der Waals surface area contributed by atoms with E-state index in [1.807, 2.05) is 0 Å². The summed E-state index contributed by atoms with van der Waals surface area (Å²) in [6.45, 7) is 8.74. The van der Waals surface area contributed by atoms with Crippen LogP contribution in [-0.4, -0.2) is 5.78 Å². The first kappa shape index (κ1) is 27.4. The van der Waals surface area contributed by atoms with E-state index in [4.69, 9.17) is 0 Å². The number of allylic oxidation sites excluding steroid dienone is 1. The summed E-state index contributed by atoms with van der Waals surface area (Å²) in [7, 11) is 0. The van der Waals surface area contributed by atoms with Crippen LogP contribution in [0.3, 0.4) is 0 Å². The van der Waals surface area contributed by atoms with Crippen LogP contribution < -0.4 is 0 Å². The summed E-state index contributed by atoms with van der Waals surface area (Å²) in [5, 5.41) is 0. The number of hydrogen-bond acceptors (Lipinski definition) is 1. The molecule has 28 heavy (non-hydrogen) atoms. The lowest BCUT2D eigenvalue weighted by Crippen LogP contribution is -1.98. The molecule has 0 atom stereocenters. The van der Waals surface area contributed by atoms with E-state index < -0.39 is 0 Å². The maximum absolute atomic E-state index is 12.0. The van der Waals surface area contributed by atoms with Crippen molar-refractivity contribution in [3.63, 3.8) is 0 Å². The summed E-state index contributed by atoms with van der Waals surface area (Å²) in [4.78, 5) is 12.0. The second-order valence-electron chi connectivity index (χ2n) is 8.95. The lowest BCUT2D eigenvalue weighted by molar-refractivity contribution is -0.119. The number of rotatable bonds is 23. The van der Waals surface area contributed by atoms with Crippen molar-refractivity contribution < 1.29 is 4.79 Å². The molecule has 1 heteroatoms. The van der Waals surface area contributed by atoms with Gasteiger partial charge < -0.3 is 0 Å². The summed E-state index contributed by atoms with van der Waals surface area (Å²) in [5.41, 5.74) is 1.29. The number of unbranched alkanes of at least 4 members (excludes halogenated alkanes) is 16. The second-order valence-corrected chi connectivity index (χ2v) is 8.95. The van der Waals surface area contributed by atoms with E-state index in [-0.39, 0.29) is 0 Å². The molecular formula is C27H52O. The third-order valence-corrected chi connectivity index (χ3v) is 5.95. The molecular weight excluding hydrogens is 340 g/mol. The number of ketones is 1. The molecule has 0 bridgehead atoms. The smallest absolute Gasteiger partial charge is 0.133 e. The molecule has 0 aliphatic heterocycles. The molecule has 0 saturated carbocycles. The average molecular weight is 393 g/mol. The Morgan fingerprint density at radius 2 is 0.821 bits per heavy atom. The van der Waals surface area contributed by atoms with Gasteiger partial charge in [-0.1, -0.05) is 129 Å². The monoisotopic (exact) mass is 392 g/mol. The minimum absolute atomic E-state index is 0.455. The van der Waals surface area contributed by atoms with Gasteiger partial charge in [-0.15, -0.1) is 0 Å². The van der Waals surface area contributed by atoms with Crippen molar-refractivity contribution in [3.8, 4) is 0 Å². The van der Waals surface area contributed by atoms with Crippen LogP contribution in [0.4, 0.5) is 0 Å². The van der Waals surface area contributed by atoms with Crippen LogP contribution in [0.15, 0.2) is 12.2 Å². The Bertz CT molecular complexity index is 310. The highest BCUT2D eigenvalue weighted by molar-refractivity contribution is 5.78. The first-order chi connectivity index (χ1) is 13.7. The van der Waals surface area contributed by atoms with Crippen LogP contribution in [0.2, 0.25) is 0 Å². The lowest BCUT2D eigenvalue weighted by atomic mass is 9.99. The lowest BCUT2D eigenvalue weighted by Gasteiger charge is -2.06. The standard InChI is InChI=1S/C27H52O/c1-4-6-8-10-12-14-16-18-20-22-26(3)24-25-27(28)23-21-19-17-15-13-11-9-7-5-2/h3-25H2,1-2H3. The van der Waals surface area contributed by atoms with E-state index in [1.165, 1.54) is 115 Å². The van der Waals surface area contributed by atoms with E-state index >= 15 is 0 Å². The van der Waals surface area contributed by atoms with E-state index in [2.05, 4.69) is 20.4 Å². The fraction of sp³-hybridized carbons (Fsp3) is 0.889. The predicted octanol–water partition coefficient (Wildman–Crippen LogP) is 9.73. The fourth-order valence-corrected chi connectivity index (χ4v) is 3.88. The van der Waals surface area contributed by atoms with E-state index in [0.717, 1.165) is 32.1 Å². The van der Waals surface area contributed by atoms with Gasteiger partial charge in [0, 0.05) is 12.8 Å². The molecule has 0 aliphatic carbocycles. The molecule has 0 radical (unpaired) electrons. The van der Waals surface area contributed by atoms with Crippen molar-refractivity contribution in [2.24, 2.45) is 0 Å². The predicted molar refractivity (Wildman–Crippen MR) is 127 cm³/mol. The Morgan fingerprint density at radius 3 is 1.25 bits per heavy atom. The zero-order chi connectivity index (χ0) is 20.7. The molecule has 0 aliphatic rings. The van der Waals surface area contributed by atoms with Gasteiger partial charge >= 0.3 is 0 Å². The van der Waals surface area contributed by atoms with Crippen molar-refractivity contribution in [2.45, 2.75) is 155 Å². The van der Waals surface area contributed by atoms with Gasteiger partial charge in [-0.3, -0.25) is 4.79 Å². The first-order valence-electron chi connectivity index (χ1n) is 12.9. The van der Waals surface area contributed by atoms with Gasteiger partial charge in [-0.05, 0) is 25.7 Å². The van der Waals surface area contributed by atoms with E-state index in [0.29, 0.717) is 5.78 Å². The Labute approximate surface area is 178 Å². The number of hydrogen-bond donors (Lipinski definition) is 0. The van der Waals surface area contributed by atoms with Crippen LogP contribution in [0.1, 0.15) is 155 Å². The normalized spacial score (nSPS) is 11.1. The van der Waals surface area contributed by atoms with Gasteiger partial charge in [-0.25, -0.2) is 0 Å². The fourth-order valence-electron chi connectivity index (χ4n) is 3.88. The highest BCUT2D eigenvalue weighted by atomic mass is 16.1. The average Bonchev–Trinajstić information content (AvgIpc) is 2.69. The topological polar surface area (TPSA) is 17.1 Å². The van der Waals surface area contributed by atoms with Crippen molar-refractivity contribution in [1.29, 1.82) is 0 Å². The third kappa shape index (κ3) is 21.7. The summed E-state index contributed by atoms with van der Waals surface area (Å²) in [5.74, 6) is 0.455. The van der Waals surface area contributed by atoms with Crippen molar-refractivity contribution in [3.05, 3.63) is 12.2 Å². The van der Waals surface area contributed by atoms with Gasteiger partial charge in [0.25, 0.3) is 0 Å². The SMILES string of the molecule is C=C(CCCCCCCCCCC)CCC(=O)CCCCCCCCCCC. The van der Waals surface area contributed by atoms with Crippen LogP contribution in [0.25, 0.3) is 0 Å². The largest absolute Gasteiger partial charge is 0.300 e. The summed E-state index contributed by atoms with van der Waals surface area (Å²) in [6.07, 6.45) is 27.8. The second kappa shape index (κ2) is 22.7. The molecule has 0 amide bonds. The van der Waals surface area contributed by atoms with Crippen molar-refractivity contribution in [2.75, 3.05) is 0 Å². The molecule has 1 nitrogen and oxygen atoms in total. The first-order valence-corrected chi connectivity index (χ1v) is 12.9. The maximum atomic E-state index is 12.0. The number of Topliss-reactive ketones (excluding diaryl/α,β-unsaturated/α-hetero) is 1. The van der Waals surface area contributed by atoms with Crippen molar-refractivity contribution in [1.82, 2.24) is 0 Å². The van der Waals surface area contributed by atoms with Gasteiger partial charge in [-0.2, -0.15) is 0 Å². The van der Waals surface area contributed by atoms with Gasteiger partial charge in [0.1, 0.15) is 5.78 Å². The molecule has 0 saturated heterocycles. The van der Waals surface area contributed by atoms with Gasteiger partial charge in [0.2, 0.25) is 0 Å². The molecule has 0 spiro atoms. The zero-order valence-electron chi connectivity index (χ0n) is 19.7. The molecule has 0 N–H and O–H groups in total. The Hall–Kier alpha value is -0.590. The third-order valence-electron chi connectivity index (χ3n) is 5.95. The number of carbonyl (C=O) groups excluding carboxylic acids is 1. The quantitative estimate of drug-likeness (QED) is 0.125. The maximum Gasteiger partial charge on any atom is 0.133 e. The molecule has 0 rings (SSSR count). The molecule has 0 aromatic rings. The van der Waals surface area contributed by atoms with Crippen LogP contribution >= 0.6 is 0 Å². The molecule has 0 heterocycles. The highest BCUT2D eigenvalue weighted by Crippen LogP contribution is 2.17. The molecule has 0 aromatic heterocycles. The van der Waals surface area contributed by atoms with E-state index in [9.17, 15) is 4.79 Å². The molecule has 0 aromatic carbocycles. The highest BCUT2D eigenvalue weighted by Gasteiger charge is 2.04. The summed E-state index contributed by atoms with van der Waals surface area (Å²) >= 11 is 0. The van der Waals surface area contributed by atoms with E-state index in [1.54, 1.807) is 0 Å². The van der Waals surface area contributed by atoms with Crippen LogP contribution in [0, 0.1) is 0 Å². The summed E-state index contributed by atoms with van der Waals surface area (Å²) < 4.78 is 0. The minimum Gasteiger partial charge on any atom is -0.300 e. The minimum atomic E-state index is 0.455. The van der Waals surface area contributed by atoms with Gasteiger partial charge in [0.05, 0.1) is 0 Å². The summed E-state index contributed by atoms with van der Waals surface area (Å²) in [6, 6.07) is 0. The van der Waals surface area contributed by atoms with Crippen LogP contribution in [0.5, 0.6) is 0 Å². The Kier molecular flexibility index (Phi) is 22.2. The molecule has 166 valence electrons.